The molecule has 0 radical (unpaired) electrons. The summed E-state index contributed by atoms with van der Waals surface area (Å²) in [5, 5.41) is 0. The summed E-state index contributed by atoms with van der Waals surface area (Å²) in [5.41, 5.74) is 8.04. The van der Waals surface area contributed by atoms with E-state index in [0.717, 1.165) is 25.2 Å². The first kappa shape index (κ1) is 13.4. The van der Waals surface area contributed by atoms with Gasteiger partial charge in [0.1, 0.15) is 5.82 Å². The summed E-state index contributed by atoms with van der Waals surface area (Å²) in [6, 6.07) is 15.1. The molecule has 0 aromatic heterocycles. The molecule has 2 nitrogen and oxygen atoms in total. The zero-order valence-electron chi connectivity index (χ0n) is 11.1. The molecule has 0 amide bonds. The van der Waals surface area contributed by atoms with Crippen LogP contribution in [0, 0.1) is 5.82 Å². The largest absolute Gasteiger partial charge is 0.395 e. The highest BCUT2D eigenvalue weighted by Crippen LogP contribution is 2.27. The Morgan fingerprint density at radius 2 is 1.79 bits per heavy atom. The second kappa shape index (κ2) is 6.23. The SMILES string of the molecule is CCCN(Cc1ccccc1)c1cccc(F)c1N. The third kappa shape index (κ3) is 3.25. The number of para-hydroxylation sites is 1. The summed E-state index contributed by atoms with van der Waals surface area (Å²) >= 11 is 0. The topological polar surface area (TPSA) is 29.3 Å². The van der Waals surface area contributed by atoms with Crippen molar-refractivity contribution in [1.29, 1.82) is 0 Å². The van der Waals surface area contributed by atoms with Gasteiger partial charge in [-0.25, -0.2) is 4.39 Å². The van der Waals surface area contributed by atoms with Crippen molar-refractivity contribution >= 4 is 11.4 Å². The van der Waals surface area contributed by atoms with Crippen LogP contribution >= 0.6 is 0 Å². The number of hydrogen-bond donors (Lipinski definition) is 1. The highest BCUT2D eigenvalue weighted by molar-refractivity contribution is 5.68. The monoisotopic (exact) mass is 258 g/mol. The van der Waals surface area contributed by atoms with E-state index in [0.29, 0.717) is 0 Å². The first-order chi connectivity index (χ1) is 9.22. The van der Waals surface area contributed by atoms with Crippen molar-refractivity contribution in [2.75, 3.05) is 17.2 Å². The molecule has 0 heterocycles. The van der Waals surface area contributed by atoms with Gasteiger partial charge in [-0.15, -0.1) is 0 Å². The summed E-state index contributed by atoms with van der Waals surface area (Å²) in [4.78, 5) is 2.12. The maximum atomic E-state index is 13.6. The summed E-state index contributed by atoms with van der Waals surface area (Å²) in [6.45, 7) is 3.69. The van der Waals surface area contributed by atoms with E-state index in [1.54, 1.807) is 6.07 Å². The molecule has 19 heavy (non-hydrogen) atoms. The van der Waals surface area contributed by atoms with Crippen molar-refractivity contribution in [2.45, 2.75) is 19.9 Å². The molecule has 100 valence electrons. The van der Waals surface area contributed by atoms with Gasteiger partial charge >= 0.3 is 0 Å². The third-order valence-corrected chi connectivity index (χ3v) is 3.08. The van der Waals surface area contributed by atoms with Crippen LogP contribution in [-0.2, 0) is 6.54 Å². The zero-order chi connectivity index (χ0) is 13.7. The minimum absolute atomic E-state index is 0.229. The Kier molecular flexibility index (Phi) is 4.39. The standard InChI is InChI=1S/C16H19FN2/c1-2-11-19(12-13-7-4-3-5-8-13)15-10-6-9-14(17)16(15)18/h3-10H,2,11-12,18H2,1H3. The second-order valence-electron chi connectivity index (χ2n) is 4.58. The lowest BCUT2D eigenvalue weighted by molar-refractivity contribution is 0.631. The van der Waals surface area contributed by atoms with Crippen LogP contribution in [0.3, 0.4) is 0 Å². The van der Waals surface area contributed by atoms with Crippen LogP contribution < -0.4 is 10.6 Å². The Balaban J connectivity index is 2.27. The molecule has 2 rings (SSSR count). The number of nitrogens with zero attached hydrogens (tertiary/aromatic N) is 1. The molecule has 2 aromatic rings. The Morgan fingerprint density at radius 1 is 1.05 bits per heavy atom. The average molecular weight is 258 g/mol. The van der Waals surface area contributed by atoms with Gasteiger partial charge in [-0.05, 0) is 24.1 Å². The molecule has 3 heteroatoms. The van der Waals surface area contributed by atoms with Gasteiger partial charge in [0.25, 0.3) is 0 Å². The van der Waals surface area contributed by atoms with Crippen LogP contribution in [0.15, 0.2) is 48.5 Å². The van der Waals surface area contributed by atoms with E-state index in [1.165, 1.54) is 11.6 Å². The van der Waals surface area contributed by atoms with Crippen molar-refractivity contribution in [2.24, 2.45) is 0 Å². The summed E-state index contributed by atoms with van der Waals surface area (Å²) in [6.07, 6.45) is 0.989. The van der Waals surface area contributed by atoms with Gasteiger partial charge in [-0.2, -0.15) is 0 Å². The molecule has 0 unspecified atom stereocenters. The molecular weight excluding hydrogens is 239 g/mol. The molecule has 0 atom stereocenters. The van der Waals surface area contributed by atoms with Crippen LogP contribution in [0.5, 0.6) is 0 Å². The van der Waals surface area contributed by atoms with Crippen molar-refractivity contribution < 1.29 is 4.39 Å². The number of nitrogens with two attached hydrogens (primary N) is 1. The fourth-order valence-electron chi connectivity index (χ4n) is 2.16. The highest BCUT2D eigenvalue weighted by Gasteiger charge is 2.12. The van der Waals surface area contributed by atoms with E-state index in [4.69, 9.17) is 5.73 Å². The van der Waals surface area contributed by atoms with Crippen LogP contribution in [-0.4, -0.2) is 6.54 Å². The molecule has 0 saturated heterocycles. The number of rotatable bonds is 5. The van der Waals surface area contributed by atoms with Crippen LogP contribution in [0.1, 0.15) is 18.9 Å². The molecule has 0 spiro atoms. The highest BCUT2D eigenvalue weighted by atomic mass is 19.1. The maximum Gasteiger partial charge on any atom is 0.148 e. The van der Waals surface area contributed by atoms with Gasteiger partial charge in [-0.3, -0.25) is 0 Å². The van der Waals surface area contributed by atoms with Gasteiger partial charge in [0.15, 0.2) is 0 Å². The zero-order valence-corrected chi connectivity index (χ0v) is 11.1. The number of benzene rings is 2. The maximum absolute atomic E-state index is 13.6. The predicted octanol–water partition coefficient (Wildman–Crippen LogP) is 3.82. The van der Waals surface area contributed by atoms with Gasteiger partial charge in [-0.1, -0.05) is 43.3 Å². The molecule has 0 saturated carbocycles. The van der Waals surface area contributed by atoms with Crippen molar-refractivity contribution in [3.63, 3.8) is 0 Å². The number of anilines is 2. The van der Waals surface area contributed by atoms with E-state index in [-0.39, 0.29) is 11.5 Å². The van der Waals surface area contributed by atoms with E-state index >= 15 is 0 Å². The van der Waals surface area contributed by atoms with Gasteiger partial charge in [0.2, 0.25) is 0 Å². The lowest BCUT2D eigenvalue weighted by atomic mass is 10.1. The van der Waals surface area contributed by atoms with E-state index in [1.807, 2.05) is 24.3 Å². The van der Waals surface area contributed by atoms with Crippen LogP contribution in [0.2, 0.25) is 0 Å². The molecule has 0 aliphatic carbocycles. The summed E-state index contributed by atoms with van der Waals surface area (Å²) in [5.74, 6) is -0.355. The van der Waals surface area contributed by atoms with Gasteiger partial charge in [0, 0.05) is 13.1 Å². The minimum Gasteiger partial charge on any atom is -0.395 e. The quantitative estimate of drug-likeness (QED) is 0.826. The first-order valence-corrected chi connectivity index (χ1v) is 6.55. The summed E-state index contributed by atoms with van der Waals surface area (Å²) in [7, 11) is 0. The second-order valence-corrected chi connectivity index (χ2v) is 4.58. The number of halogens is 1. The van der Waals surface area contributed by atoms with Crippen molar-refractivity contribution in [3.8, 4) is 0 Å². The van der Waals surface area contributed by atoms with E-state index < -0.39 is 0 Å². The smallest absolute Gasteiger partial charge is 0.148 e. The van der Waals surface area contributed by atoms with Crippen LogP contribution in [0.4, 0.5) is 15.8 Å². The van der Waals surface area contributed by atoms with Gasteiger partial charge < -0.3 is 10.6 Å². The van der Waals surface area contributed by atoms with E-state index in [9.17, 15) is 4.39 Å². The minimum atomic E-state index is -0.355. The molecule has 0 aliphatic heterocycles. The predicted molar refractivity (Wildman–Crippen MR) is 78.6 cm³/mol. The average Bonchev–Trinajstić information content (AvgIpc) is 2.43. The van der Waals surface area contributed by atoms with E-state index in [2.05, 4.69) is 24.0 Å². The van der Waals surface area contributed by atoms with Crippen molar-refractivity contribution in [1.82, 2.24) is 0 Å². The molecule has 0 aliphatic rings. The first-order valence-electron chi connectivity index (χ1n) is 6.55. The molecule has 2 N–H and O–H groups in total. The van der Waals surface area contributed by atoms with Crippen LogP contribution in [0.25, 0.3) is 0 Å². The third-order valence-electron chi connectivity index (χ3n) is 3.08. The van der Waals surface area contributed by atoms with Crippen molar-refractivity contribution in [3.05, 3.63) is 59.9 Å². The Hall–Kier alpha value is -2.03. The Labute approximate surface area is 113 Å². The summed E-state index contributed by atoms with van der Waals surface area (Å²) < 4.78 is 13.6. The Bertz CT molecular complexity index is 526. The Morgan fingerprint density at radius 3 is 2.47 bits per heavy atom. The fraction of sp³-hybridized carbons (Fsp3) is 0.250. The molecule has 2 aromatic carbocycles. The molecule has 0 bridgehead atoms. The fourth-order valence-corrected chi connectivity index (χ4v) is 2.16. The molecular formula is C16H19FN2. The number of hydrogen-bond acceptors (Lipinski definition) is 2. The lowest BCUT2D eigenvalue weighted by Gasteiger charge is -2.26. The molecule has 0 fully saturated rings. The normalized spacial score (nSPS) is 10.4. The lowest BCUT2D eigenvalue weighted by Crippen LogP contribution is -2.24. The van der Waals surface area contributed by atoms with Gasteiger partial charge in [0.05, 0.1) is 11.4 Å². The number of nitrogen functional groups attached to an aromatic ring is 1.